The largest absolute Gasteiger partial charge is 0.357 e. The average molecular weight is 599 g/mol. The van der Waals surface area contributed by atoms with Crippen LogP contribution in [0.1, 0.15) is 41.9 Å². The Morgan fingerprint density at radius 2 is 2.12 bits per heavy atom. The molecule has 2 N–H and O–H groups in total. The van der Waals surface area contributed by atoms with Gasteiger partial charge in [0.15, 0.2) is 5.82 Å². The van der Waals surface area contributed by atoms with Crippen molar-refractivity contribution >= 4 is 49.8 Å². The van der Waals surface area contributed by atoms with E-state index in [4.69, 9.17) is 4.98 Å². The molecule has 3 heterocycles. The number of anilines is 2. The van der Waals surface area contributed by atoms with E-state index in [9.17, 15) is 18.7 Å². The van der Waals surface area contributed by atoms with E-state index < -0.39 is 16.8 Å². The number of benzene rings is 1. The highest BCUT2D eigenvalue weighted by molar-refractivity contribution is 7.86. The number of carbonyl (C=O) groups excluding carboxylic acids is 1. The number of aryl methyl sites for hydroxylation is 1. The number of aromatic nitrogens is 4. The van der Waals surface area contributed by atoms with Crippen LogP contribution in [0.2, 0.25) is 0 Å². The molecule has 0 bridgehead atoms. The zero-order chi connectivity index (χ0) is 29.5. The topological polar surface area (TPSA) is 144 Å². The first kappa shape index (κ1) is 30.0. The fourth-order valence-electron chi connectivity index (χ4n) is 4.52. The minimum atomic E-state index is -1.23. The average Bonchev–Trinajstić information content (AvgIpc) is 3.55. The van der Waals surface area contributed by atoms with E-state index in [1.807, 2.05) is 36.7 Å². The number of nitriles is 1. The van der Waals surface area contributed by atoms with Crippen molar-refractivity contribution in [2.24, 2.45) is 5.10 Å². The summed E-state index contributed by atoms with van der Waals surface area (Å²) in [6, 6.07) is 6.11. The maximum atomic E-state index is 14.2. The second-order valence-corrected chi connectivity index (χ2v) is 11.4. The molecule has 1 aliphatic rings. The molecule has 1 amide bonds. The van der Waals surface area contributed by atoms with Crippen LogP contribution >= 0.6 is 9.24 Å². The molecule has 216 valence electrons. The molecule has 0 aliphatic carbocycles. The van der Waals surface area contributed by atoms with Crippen LogP contribution in [0.3, 0.4) is 0 Å². The molecular formula is C26H32FN10O2PS. The molecule has 3 atom stereocenters. The van der Waals surface area contributed by atoms with Crippen molar-refractivity contribution in [1.29, 1.82) is 5.26 Å². The van der Waals surface area contributed by atoms with E-state index in [1.165, 1.54) is 12.1 Å². The van der Waals surface area contributed by atoms with Crippen molar-refractivity contribution < 1.29 is 13.4 Å². The predicted molar refractivity (Wildman–Crippen MR) is 160 cm³/mol. The molecule has 0 radical (unpaired) electrons. The lowest BCUT2D eigenvalue weighted by Gasteiger charge is -2.29. The first-order valence-corrected chi connectivity index (χ1v) is 14.9. The molecule has 0 fully saturated rings. The molecule has 0 spiro atoms. The van der Waals surface area contributed by atoms with Crippen LogP contribution in [0.4, 0.5) is 16.0 Å². The van der Waals surface area contributed by atoms with Gasteiger partial charge in [-0.1, -0.05) is 16.2 Å². The van der Waals surface area contributed by atoms with Crippen LogP contribution in [-0.4, -0.2) is 73.5 Å². The van der Waals surface area contributed by atoms with Crippen molar-refractivity contribution in [3.63, 3.8) is 0 Å². The zero-order valence-corrected chi connectivity index (χ0v) is 25.0. The molecule has 41 heavy (non-hydrogen) atoms. The number of rotatable bonds is 13. The van der Waals surface area contributed by atoms with Crippen LogP contribution in [0.15, 0.2) is 29.5 Å². The number of hydrazone groups is 1. The highest BCUT2D eigenvalue weighted by atomic mass is 32.2. The molecule has 15 heteroatoms. The zero-order valence-electron chi connectivity index (χ0n) is 23.0. The van der Waals surface area contributed by atoms with Gasteiger partial charge in [0.1, 0.15) is 16.8 Å². The number of hydrogen-bond acceptors (Lipinski definition) is 9. The van der Waals surface area contributed by atoms with Crippen LogP contribution < -0.4 is 20.2 Å². The third-order valence-corrected chi connectivity index (χ3v) is 7.96. The van der Waals surface area contributed by atoms with E-state index in [-0.39, 0.29) is 11.6 Å². The Kier molecular flexibility index (Phi) is 9.96. The Morgan fingerprint density at radius 1 is 1.32 bits per heavy atom. The van der Waals surface area contributed by atoms with Crippen LogP contribution in [0.5, 0.6) is 0 Å². The van der Waals surface area contributed by atoms with Crippen LogP contribution in [0, 0.1) is 31.0 Å². The molecule has 12 nitrogen and oxygen atoms in total. The summed E-state index contributed by atoms with van der Waals surface area (Å²) in [7, 11) is 1.40. The van der Waals surface area contributed by atoms with Gasteiger partial charge in [0.25, 0.3) is 0 Å². The quantitative estimate of drug-likeness (QED) is 0.172. The van der Waals surface area contributed by atoms with Crippen molar-refractivity contribution in [2.45, 2.75) is 33.2 Å². The summed E-state index contributed by atoms with van der Waals surface area (Å²) in [5.41, 5.74) is 3.08. The van der Waals surface area contributed by atoms with E-state index in [1.54, 1.807) is 23.2 Å². The number of hydrogen-bond donors (Lipinski definition) is 2. The van der Waals surface area contributed by atoms with Gasteiger partial charge in [-0.05, 0) is 37.6 Å². The van der Waals surface area contributed by atoms with E-state index in [0.29, 0.717) is 73.5 Å². The molecule has 1 aliphatic heterocycles. The van der Waals surface area contributed by atoms with Gasteiger partial charge in [-0.2, -0.15) is 20.4 Å². The Bertz CT molecular complexity index is 1510. The van der Waals surface area contributed by atoms with Gasteiger partial charge in [-0.15, -0.1) is 0 Å². The van der Waals surface area contributed by atoms with Gasteiger partial charge < -0.3 is 14.9 Å². The van der Waals surface area contributed by atoms with E-state index >= 15 is 0 Å². The summed E-state index contributed by atoms with van der Waals surface area (Å²) in [6.45, 7) is 7.25. The lowest BCUT2D eigenvalue weighted by Crippen LogP contribution is -2.38. The minimum Gasteiger partial charge on any atom is -0.357 e. The number of halogens is 1. The smallest absolute Gasteiger partial charge is 0.227 e. The Labute approximate surface area is 242 Å². The molecule has 3 aromatic rings. The minimum absolute atomic E-state index is 0.215. The Hall–Kier alpha value is -3.95. The van der Waals surface area contributed by atoms with Gasteiger partial charge >= 0.3 is 0 Å². The molecular weight excluding hydrogens is 566 g/mol. The SMILES string of the molecule is CCS(=O)Nc1c(C)nn(-c2nc(N(CCNC=O)CCN3N=CCC3c3cc(F)cc(C#N)c3)ncc2P)c1C. The number of nitrogens with zero attached hydrogens (tertiary/aromatic N) is 8. The van der Waals surface area contributed by atoms with Crippen molar-refractivity contribution in [2.75, 3.05) is 41.6 Å². The number of nitrogens with one attached hydrogen (secondary N) is 2. The van der Waals surface area contributed by atoms with Gasteiger partial charge in [0.05, 0.1) is 41.3 Å². The van der Waals surface area contributed by atoms with Crippen molar-refractivity contribution in [3.8, 4) is 11.9 Å². The van der Waals surface area contributed by atoms with Crippen LogP contribution in [-0.2, 0) is 15.8 Å². The van der Waals surface area contributed by atoms with E-state index in [2.05, 4.69) is 34.5 Å². The Balaban J connectivity index is 1.59. The maximum Gasteiger partial charge on any atom is 0.227 e. The standard InChI is InChI=1S/C26H32FN10O2PS/c1-4-41(39)34-24-17(2)33-37(18(24)3)25-23(40)15-30-26(32-25)35(8-7-29-16-38)9-10-36-22(5-6-31-36)20-11-19(14-28)12-21(27)13-20/h6,11-13,15-16,22,34H,4-5,7-10,40H2,1-3H3,(H,29,38). The highest BCUT2D eigenvalue weighted by Crippen LogP contribution is 2.29. The lowest BCUT2D eigenvalue weighted by molar-refractivity contribution is -0.109. The third-order valence-electron chi connectivity index (χ3n) is 6.60. The molecule has 3 unspecified atom stereocenters. The third kappa shape index (κ3) is 7.04. The first-order valence-electron chi connectivity index (χ1n) is 13.0. The van der Waals surface area contributed by atoms with Crippen LogP contribution in [0.25, 0.3) is 5.82 Å². The maximum absolute atomic E-state index is 14.2. The number of amides is 1. The molecule has 1 aromatic carbocycles. The predicted octanol–water partition coefficient (Wildman–Crippen LogP) is 1.87. The second-order valence-electron chi connectivity index (χ2n) is 9.30. The normalized spacial score (nSPS) is 15.0. The van der Waals surface area contributed by atoms with Gasteiger partial charge in [-0.3, -0.25) is 9.80 Å². The summed E-state index contributed by atoms with van der Waals surface area (Å²) >= 11 is 0. The van der Waals surface area contributed by atoms with Crippen molar-refractivity contribution in [1.82, 2.24) is 30.1 Å². The van der Waals surface area contributed by atoms with Gasteiger partial charge in [0, 0.05) is 49.5 Å². The number of carbonyl (C=O) groups is 1. The monoisotopic (exact) mass is 598 g/mol. The van der Waals surface area contributed by atoms with Gasteiger partial charge in [0.2, 0.25) is 12.4 Å². The molecule has 0 saturated carbocycles. The summed E-state index contributed by atoms with van der Waals surface area (Å²) in [5, 5.41) is 23.6. The summed E-state index contributed by atoms with van der Waals surface area (Å²) in [4.78, 5) is 22.2. The summed E-state index contributed by atoms with van der Waals surface area (Å²) in [6.07, 6.45) is 4.68. The second kappa shape index (κ2) is 13.6. The first-order chi connectivity index (χ1) is 19.7. The van der Waals surface area contributed by atoms with E-state index in [0.717, 1.165) is 11.0 Å². The molecule has 0 saturated heterocycles. The fourth-order valence-corrected chi connectivity index (χ4v) is 5.44. The van der Waals surface area contributed by atoms with Gasteiger partial charge in [-0.25, -0.2) is 18.3 Å². The fraction of sp³-hybridized carbons (Fsp3) is 0.385. The summed E-state index contributed by atoms with van der Waals surface area (Å²) < 4.78 is 31.0. The lowest BCUT2D eigenvalue weighted by atomic mass is 10.0. The molecule has 2 aromatic heterocycles. The molecule has 4 rings (SSSR count). The van der Waals surface area contributed by atoms with Crippen molar-refractivity contribution in [3.05, 3.63) is 52.7 Å². The highest BCUT2D eigenvalue weighted by Gasteiger charge is 2.25. The Morgan fingerprint density at radius 3 is 2.85 bits per heavy atom. The summed E-state index contributed by atoms with van der Waals surface area (Å²) in [5.74, 6) is 0.968.